The van der Waals surface area contributed by atoms with Gasteiger partial charge in [0.2, 0.25) is 30.8 Å². The number of hydrogen-bond acceptors (Lipinski definition) is 9. The van der Waals surface area contributed by atoms with Crippen LogP contribution in [-0.2, 0) is 30.4 Å². The highest BCUT2D eigenvalue weighted by molar-refractivity contribution is 5.96. The van der Waals surface area contributed by atoms with Crippen molar-refractivity contribution in [3.63, 3.8) is 0 Å². The van der Waals surface area contributed by atoms with Crippen LogP contribution in [0.4, 0.5) is 26.3 Å². The molecular weight excluding hydrogens is 786 g/mol. The number of carbonyl (C=O) groups is 5. The highest BCUT2D eigenvalue weighted by Gasteiger charge is 2.53. The minimum Gasteiger partial charge on any atom is -0.321 e. The van der Waals surface area contributed by atoms with Crippen molar-refractivity contribution < 1.29 is 50.3 Å². The standard InChI is InChI=1S/C37H46F6N8O5.ClH/c1-21(2)31(44)33(55)36(9-5-6-10-36)51(20-53)32(22(3)4)34(56)49-11-7-8-29(49)50(19-52)24(14-23-15-26(39)27(40)17-25(23)38)16-30(54)47-12-13-48-28(18-47)45-46-35(48)37(41,42)43;/h12-13,15,17-22,24,29,31-32,35H,5-11,14,16,44H2,1-4H3;1H. The highest BCUT2D eigenvalue weighted by atomic mass is 35.5. The summed E-state index contributed by atoms with van der Waals surface area (Å²) in [7, 11) is 0. The topological polar surface area (TPSA) is 152 Å². The molecule has 5 rings (SSSR count). The number of nitrogens with zero attached hydrogens (tertiary/aromatic N) is 7. The van der Waals surface area contributed by atoms with E-state index >= 15 is 4.39 Å². The molecule has 1 saturated heterocycles. The van der Waals surface area contributed by atoms with Crippen molar-refractivity contribution >= 4 is 42.8 Å². The molecule has 1 aromatic rings. The van der Waals surface area contributed by atoms with Gasteiger partial charge in [0.15, 0.2) is 23.2 Å². The second-order valence-electron chi connectivity index (χ2n) is 15.3. The smallest absolute Gasteiger partial charge is 0.321 e. The van der Waals surface area contributed by atoms with Crippen molar-refractivity contribution in [3.8, 4) is 0 Å². The number of alkyl halides is 3. The van der Waals surface area contributed by atoms with Crippen LogP contribution in [0, 0.1) is 29.3 Å². The van der Waals surface area contributed by atoms with Gasteiger partial charge in [-0.05, 0) is 55.6 Å². The zero-order chi connectivity index (χ0) is 41.3. The van der Waals surface area contributed by atoms with E-state index in [1.54, 1.807) is 27.7 Å². The number of hydrogen-bond donors (Lipinski definition) is 1. The molecule has 4 aliphatic rings. The molecule has 0 aromatic heterocycles. The van der Waals surface area contributed by atoms with E-state index in [1.807, 2.05) is 0 Å². The van der Waals surface area contributed by atoms with Crippen molar-refractivity contribution in [3.05, 3.63) is 59.6 Å². The van der Waals surface area contributed by atoms with E-state index in [0.29, 0.717) is 62.0 Å². The monoisotopic (exact) mass is 832 g/mol. The summed E-state index contributed by atoms with van der Waals surface area (Å²) < 4.78 is 83.8. The molecule has 314 valence electrons. The molecule has 3 heterocycles. The van der Waals surface area contributed by atoms with Crippen LogP contribution < -0.4 is 5.73 Å². The summed E-state index contributed by atoms with van der Waals surface area (Å²) in [6.07, 6.45) is -3.12. The molecule has 1 aliphatic carbocycles. The normalized spacial score (nSPS) is 21.6. The number of ketones is 1. The van der Waals surface area contributed by atoms with Gasteiger partial charge in [0, 0.05) is 37.5 Å². The van der Waals surface area contributed by atoms with Crippen LogP contribution in [0.15, 0.2) is 46.8 Å². The van der Waals surface area contributed by atoms with Gasteiger partial charge in [-0.15, -0.1) is 17.5 Å². The summed E-state index contributed by atoms with van der Waals surface area (Å²) in [5.74, 6) is -6.86. The molecule has 5 unspecified atom stereocenters. The predicted octanol–water partition coefficient (Wildman–Crippen LogP) is 5.35. The Morgan fingerprint density at radius 2 is 1.61 bits per heavy atom. The Bertz CT molecular complexity index is 1790. The number of rotatable bonds is 15. The van der Waals surface area contributed by atoms with Gasteiger partial charge in [0.05, 0.1) is 12.2 Å². The van der Waals surface area contributed by atoms with Crippen LogP contribution in [0.25, 0.3) is 0 Å². The van der Waals surface area contributed by atoms with Crippen molar-refractivity contribution in [1.82, 2.24) is 24.5 Å². The van der Waals surface area contributed by atoms with E-state index in [2.05, 4.69) is 10.2 Å². The van der Waals surface area contributed by atoms with Crippen LogP contribution in [0.5, 0.6) is 0 Å². The Balaban J connectivity index is 0.00000720. The first-order chi connectivity index (χ1) is 26.4. The lowest BCUT2D eigenvalue weighted by Gasteiger charge is -2.47. The van der Waals surface area contributed by atoms with E-state index in [4.69, 9.17) is 5.73 Å². The van der Waals surface area contributed by atoms with Gasteiger partial charge in [-0.1, -0.05) is 40.5 Å². The summed E-state index contributed by atoms with van der Waals surface area (Å²) >= 11 is 0. The Hall–Kier alpha value is -4.52. The number of Topliss-reactive ketones (excluding diaryl/α,β-unsaturated/α-hetero) is 1. The number of carbonyl (C=O) groups excluding carboxylic acids is 5. The average Bonchev–Trinajstić information content (AvgIpc) is 3.92. The van der Waals surface area contributed by atoms with E-state index in [1.165, 1.54) is 9.80 Å². The molecule has 4 amide bonds. The minimum atomic E-state index is -4.77. The van der Waals surface area contributed by atoms with Crippen LogP contribution in [-0.4, -0.2) is 104 Å². The zero-order valence-electron chi connectivity index (χ0n) is 31.9. The van der Waals surface area contributed by atoms with E-state index in [0.717, 1.165) is 28.4 Å². The summed E-state index contributed by atoms with van der Waals surface area (Å²) in [5, 5.41) is 6.75. The SMILES string of the molecule is CC(C)C(N)C(=O)C1(N(C=O)C(C(=O)N2CCCC2N(C=O)C(CC(=O)N2C=CN3C(=C2)N=NC3C(F)(F)F)Cc2cc(F)c(F)cc2F)C(C)C)CCCC1.Cl. The van der Waals surface area contributed by atoms with Crippen molar-refractivity contribution in [2.24, 2.45) is 27.8 Å². The highest BCUT2D eigenvalue weighted by Crippen LogP contribution is 2.41. The molecule has 13 nitrogen and oxygen atoms in total. The van der Waals surface area contributed by atoms with Crippen LogP contribution in [0.1, 0.15) is 78.2 Å². The van der Waals surface area contributed by atoms with Crippen molar-refractivity contribution in [1.29, 1.82) is 0 Å². The molecule has 57 heavy (non-hydrogen) atoms. The van der Waals surface area contributed by atoms with Gasteiger partial charge in [-0.2, -0.15) is 18.3 Å². The first-order valence-corrected chi connectivity index (χ1v) is 18.5. The molecule has 1 aromatic carbocycles. The Labute approximate surface area is 332 Å². The van der Waals surface area contributed by atoms with Gasteiger partial charge in [0.25, 0.3) is 0 Å². The van der Waals surface area contributed by atoms with Crippen molar-refractivity contribution in [2.45, 2.75) is 121 Å². The minimum absolute atomic E-state index is 0. The predicted molar refractivity (Wildman–Crippen MR) is 194 cm³/mol. The van der Waals surface area contributed by atoms with Gasteiger partial charge in [0.1, 0.15) is 23.6 Å². The molecular formula is C37H47ClF6N8O5. The zero-order valence-corrected chi connectivity index (χ0v) is 32.7. The average molecular weight is 833 g/mol. The Morgan fingerprint density at radius 1 is 0.965 bits per heavy atom. The van der Waals surface area contributed by atoms with Crippen LogP contribution >= 0.6 is 12.4 Å². The molecule has 2 N–H and O–H groups in total. The molecule has 1 saturated carbocycles. The maximum atomic E-state index is 15.1. The molecule has 20 heteroatoms. The second-order valence-corrected chi connectivity index (χ2v) is 15.3. The van der Waals surface area contributed by atoms with Crippen molar-refractivity contribution in [2.75, 3.05) is 6.54 Å². The number of likely N-dealkylation sites (tertiary alicyclic amines) is 1. The maximum absolute atomic E-state index is 15.1. The quantitative estimate of drug-likeness (QED) is 0.142. The van der Waals surface area contributed by atoms with Crippen LogP contribution in [0.2, 0.25) is 0 Å². The van der Waals surface area contributed by atoms with Crippen LogP contribution in [0.3, 0.4) is 0 Å². The fourth-order valence-corrected chi connectivity index (χ4v) is 8.10. The van der Waals surface area contributed by atoms with E-state index < -0.39 is 95.8 Å². The number of azo groups is 1. The largest absolute Gasteiger partial charge is 0.431 e. The molecule has 0 spiro atoms. The molecule has 5 atom stereocenters. The molecule has 0 radical (unpaired) electrons. The fraction of sp³-hybridized carbons (Fsp3) is 0.595. The number of amides is 4. The lowest BCUT2D eigenvalue weighted by atomic mass is 9.80. The van der Waals surface area contributed by atoms with Gasteiger partial charge < -0.3 is 20.4 Å². The summed E-state index contributed by atoms with van der Waals surface area (Å²) in [6.45, 7) is 7.10. The second kappa shape index (κ2) is 18.0. The number of fused-ring (bicyclic) bond motifs is 1. The maximum Gasteiger partial charge on any atom is 0.431 e. The Kier molecular flexibility index (Phi) is 14.2. The molecule has 2 fully saturated rings. The summed E-state index contributed by atoms with van der Waals surface area (Å²) in [6, 6.07) is -2.49. The number of nitrogens with two attached hydrogens (primary N) is 1. The third-order valence-corrected chi connectivity index (χ3v) is 11.1. The Morgan fingerprint density at radius 3 is 2.19 bits per heavy atom. The number of halogens is 7. The third kappa shape index (κ3) is 8.98. The summed E-state index contributed by atoms with van der Waals surface area (Å²) in [5.41, 5.74) is 4.60. The van der Waals surface area contributed by atoms with E-state index in [-0.39, 0.29) is 42.9 Å². The van der Waals surface area contributed by atoms with Gasteiger partial charge >= 0.3 is 6.18 Å². The molecule has 0 bridgehead atoms. The lowest BCUT2D eigenvalue weighted by Crippen LogP contribution is -2.66. The van der Waals surface area contributed by atoms with Gasteiger partial charge in [-0.3, -0.25) is 33.8 Å². The fourth-order valence-electron chi connectivity index (χ4n) is 8.10. The first-order valence-electron chi connectivity index (χ1n) is 18.5. The van der Waals surface area contributed by atoms with Gasteiger partial charge in [-0.25, -0.2) is 13.2 Å². The molecule has 3 aliphatic heterocycles. The first kappa shape index (κ1) is 45.2. The van der Waals surface area contributed by atoms with E-state index in [9.17, 15) is 45.9 Å². The number of benzene rings is 1. The summed E-state index contributed by atoms with van der Waals surface area (Å²) in [4.78, 5) is 73.9. The third-order valence-electron chi connectivity index (χ3n) is 11.1. The lowest BCUT2D eigenvalue weighted by molar-refractivity contribution is -0.168.